The average molecular weight is 376 g/mol. The Morgan fingerprint density at radius 1 is 1.37 bits per heavy atom. The summed E-state index contributed by atoms with van der Waals surface area (Å²) in [7, 11) is 7.73. The Balaban J connectivity index is 2.02. The van der Waals surface area contributed by atoms with E-state index in [0.717, 1.165) is 32.5 Å². The summed E-state index contributed by atoms with van der Waals surface area (Å²) >= 11 is 0. The van der Waals surface area contributed by atoms with Crippen LogP contribution in [0.3, 0.4) is 0 Å². The second-order valence-corrected chi connectivity index (χ2v) is 7.52. The number of hydrogen-bond acceptors (Lipinski definition) is 6. The zero-order valence-corrected chi connectivity index (χ0v) is 17.1. The Kier molecular flexibility index (Phi) is 8.19. The van der Waals surface area contributed by atoms with Crippen molar-refractivity contribution in [2.45, 2.75) is 37.8 Å². The van der Waals surface area contributed by atoms with E-state index in [1.807, 2.05) is 6.08 Å². The maximum absolute atomic E-state index is 12.1. The molecule has 1 fully saturated rings. The predicted octanol–water partition coefficient (Wildman–Crippen LogP) is 1.92. The van der Waals surface area contributed by atoms with Crippen molar-refractivity contribution in [2.24, 2.45) is 0 Å². The normalized spacial score (nSPS) is 16.9. The Bertz CT molecular complexity index is 614. The number of likely N-dealkylation sites (tertiary alicyclic amines) is 1. The number of hydrogen-bond donors (Lipinski definition) is 0. The van der Waals surface area contributed by atoms with Crippen molar-refractivity contribution in [3.05, 3.63) is 30.7 Å². The summed E-state index contributed by atoms with van der Waals surface area (Å²) in [6.45, 7) is 6.90. The highest BCUT2D eigenvalue weighted by Crippen LogP contribution is 2.18. The number of carbonyl (C=O) groups is 1. The highest BCUT2D eigenvalue weighted by molar-refractivity contribution is 5.91. The van der Waals surface area contributed by atoms with Gasteiger partial charge in [0.15, 0.2) is 5.69 Å². The van der Waals surface area contributed by atoms with Gasteiger partial charge in [-0.2, -0.15) is 0 Å². The number of rotatable bonds is 9. The van der Waals surface area contributed by atoms with Crippen LogP contribution in [0.4, 0.5) is 0 Å². The number of aromatic nitrogens is 2. The van der Waals surface area contributed by atoms with Gasteiger partial charge >= 0.3 is 0 Å². The van der Waals surface area contributed by atoms with E-state index in [9.17, 15) is 4.79 Å². The van der Waals surface area contributed by atoms with Crippen LogP contribution in [0.25, 0.3) is 0 Å². The molecule has 1 aromatic rings. The van der Waals surface area contributed by atoms with Crippen LogP contribution >= 0.6 is 0 Å². The van der Waals surface area contributed by atoms with Crippen LogP contribution in [-0.2, 0) is 0 Å². The Labute approximate surface area is 163 Å². The van der Waals surface area contributed by atoms with E-state index >= 15 is 0 Å². The molecule has 2 rings (SSSR count). The largest absolute Gasteiger partial charge is 0.472 e. The lowest BCUT2D eigenvalue weighted by Crippen LogP contribution is -2.45. The summed E-state index contributed by atoms with van der Waals surface area (Å²) in [6.07, 6.45) is 9.00. The molecule has 0 saturated carbocycles. The molecule has 0 aromatic carbocycles. The van der Waals surface area contributed by atoms with Gasteiger partial charge in [0, 0.05) is 26.7 Å². The van der Waals surface area contributed by atoms with Crippen LogP contribution in [0.5, 0.6) is 5.88 Å². The van der Waals surface area contributed by atoms with Crippen molar-refractivity contribution < 1.29 is 9.53 Å². The summed E-state index contributed by atoms with van der Waals surface area (Å²) < 4.78 is 6.13. The van der Waals surface area contributed by atoms with Gasteiger partial charge in [0.1, 0.15) is 6.10 Å². The minimum absolute atomic E-state index is 0.0216. The maximum atomic E-state index is 12.1. The van der Waals surface area contributed by atoms with Crippen molar-refractivity contribution in [3.63, 3.8) is 0 Å². The molecule has 2 heterocycles. The molecular formula is C20H33N5O2. The van der Waals surface area contributed by atoms with Gasteiger partial charge in [-0.25, -0.2) is 4.98 Å². The zero-order chi connectivity index (χ0) is 19.8. The third-order valence-corrected chi connectivity index (χ3v) is 5.02. The van der Waals surface area contributed by atoms with E-state index in [-0.39, 0.29) is 12.0 Å². The Hall–Kier alpha value is -1.99. The topological polar surface area (TPSA) is 61.8 Å². The maximum Gasteiger partial charge on any atom is 0.273 e. The molecule has 1 amide bonds. The van der Waals surface area contributed by atoms with Gasteiger partial charge in [0.05, 0.1) is 12.4 Å². The number of allylic oxidation sites excluding steroid dienone is 1. The van der Waals surface area contributed by atoms with Crippen molar-refractivity contribution in [1.29, 1.82) is 0 Å². The fourth-order valence-corrected chi connectivity index (χ4v) is 3.30. The molecular weight excluding hydrogens is 342 g/mol. The van der Waals surface area contributed by atoms with E-state index in [1.165, 1.54) is 23.9 Å². The van der Waals surface area contributed by atoms with Gasteiger partial charge in [-0.1, -0.05) is 6.08 Å². The molecule has 0 radical (unpaired) electrons. The van der Waals surface area contributed by atoms with Gasteiger partial charge in [0.2, 0.25) is 5.88 Å². The molecule has 0 bridgehead atoms. The highest BCUT2D eigenvalue weighted by atomic mass is 16.5. The van der Waals surface area contributed by atoms with Gasteiger partial charge < -0.3 is 14.5 Å². The van der Waals surface area contributed by atoms with Crippen LogP contribution in [0.2, 0.25) is 0 Å². The van der Waals surface area contributed by atoms with Crippen LogP contribution in [-0.4, -0.2) is 90.5 Å². The van der Waals surface area contributed by atoms with Gasteiger partial charge in [0.25, 0.3) is 5.91 Å². The standard InChI is InChI=1S/C20H33N5O2/c1-6-7-8-17(15-25(5)16-9-11-24(4)12-10-16)27-19-14-21-13-18(22-19)20(26)23(2)3/h6,13-14,16-17H,1,7-12,15H2,2-5H3/t17-/m1/s1. The van der Waals surface area contributed by atoms with Crippen molar-refractivity contribution in [2.75, 3.05) is 47.8 Å². The quantitative estimate of drug-likeness (QED) is 0.615. The van der Waals surface area contributed by atoms with Gasteiger partial charge in [-0.05, 0) is 52.9 Å². The van der Waals surface area contributed by atoms with Gasteiger partial charge in [-0.3, -0.25) is 14.7 Å². The summed E-state index contributed by atoms with van der Waals surface area (Å²) in [5, 5.41) is 0. The SMILES string of the molecule is C=CCC[C@H](CN(C)C1CCN(C)CC1)Oc1cncc(C(=O)N(C)C)n1. The third kappa shape index (κ3) is 6.59. The second kappa shape index (κ2) is 10.4. The lowest BCUT2D eigenvalue weighted by Gasteiger charge is -2.36. The highest BCUT2D eigenvalue weighted by Gasteiger charge is 2.24. The molecule has 1 aliphatic rings. The Morgan fingerprint density at radius 3 is 2.70 bits per heavy atom. The molecule has 150 valence electrons. The van der Waals surface area contributed by atoms with E-state index in [1.54, 1.807) is 20.3 Å². The van der Waals surface area contributed by atoms with Gasteiger partial charge in [-0.15, -0.1) is 6.58 Å². The molecule has 0 N–H and O–H groups in total. The summed E-state index contributed by atoms with van der Waals surface area (Å²) in [6, 6.07) is 0.573. The van der Waals surface area contributed by atoms with Crippen LogP contribution in [0.1, 0.15) is 36.2 Å². The Morgan fingerprint density at radius 2 is 2.07 bits per heavy atom. The summed E-state index contributed by atoms with van der Waals surface area (Å²) in [4.78, 5) is 26.8. The number of nitrogens with zero attached hydrogens (tertiary/aromatic N) is 5. The number of likely N-dealkylation sites (N-methyl/N-ethyl adjacent to an activating group) is 1. The van der Waals surface area contributed by atoms with Crippen LogP contribution in [0, 0.1) is 0 Å². The monoisotopic (exact) mass is 375 g/mol. The molecule has 0 unspecified atom stereocenters. The smallest absolute Gasteiger partial charge is 0.273 e. The molecule has 1 aliphatic heterocycles. The molecule has 0 aliphatic carbocycles. The predicted molar refractivity (Wildman–Crippen MR) is 107 cm³/mol. The first-order valence-corrected chi connectivity index (χ1v) is 9.60. The fourth-order valence-electron chi connectivity index (χ4n) is 3.30. The summed E-state index contributed by atoms with van der Waals surface area (Å²) in [5.41, 5.74) is 0.295. The molecule has 0 spiro atoms. The van der Waals surface area contributed by atoms with Crippen molar-refractivity contribution >= 4 is 5.91 Å². The van der Waals surface area contributed by atoms with Crippen molar-refractivity contribution in [1.82, 2.24) is 24.7 Å². The fraction of sp³-hybridized carbons (Fsp3) is 0.650. The first-order valence-electron chi connectivity index (χ1n) is 9.60. The summed E-state index contributed by atoms with van der Waals surface area (Å²) in [5.74, 6) is 0.215. The van der Waals surface area contributed by atoms with E-state index < -0.39 is 0 Å². The lowest BCUT2D eigenvalue weighted by molar-refractivity contribution is 0.0799. The average Bonchev–Trinajstić information content (AvgIpc) is 2.66. The number of piperidine rings is 1. The zero-order valence-electron chi connectivity index (χ0n) is 17.1. The lowest BCUT2D eigenvalue weighted by atomic mass is 10.0. The van der Waals surface area contributed by atoms with Crippen LogP contribution in [0.15, 0.2) is 25.0 Å². The number of carbonyl (C=O) groups excluding carboxylic acids is 1. The minimum atomic E-state index is -0.181. The van der Waals surface area contributed by atoms with E-state index in [0.29, 0.717) is 17.6 Å². The molecule has 27 heavy (non-hydrogen) atoms. The molecule has 7 heteroatoms. The third-order valence-electron chi connectivity index (χ3n) is 5.02. The van der Waals surface area contributed by atoms with E-state index in [4.69, 9.17) is 4.74 Å². The minimum Gasteiger partial charge on any atom is -0.472 e. The first-order chi connectivity index (χ1) is 12.9. The molecule has 7 nitrogen and oxygen atoms in total. The molecule has 1 saturated heterocycles. The van der Waals surface area contributed by atoms with Crippen LogP contribution < -0.4 is 4.74 Å². The number of amides is 1. The molecule has 1 atom stereocenters. The molecule has 1 aromatic heterocycles. The van der Waals surface area contributed by atoms with Crippen molar-refractivity contribution in [3.8, 4) is 5.88 Å². The van der Waals surface area contributed by atoms with E-state index in [2.05, 4.69) is 40.4 Å². The second-order valence-electron chi connectivity index (χ2n) is 7.52. The first kappa shape index (κ1) is 21.3. The number of ether oxygens (including phenoxy) is 1.